The van der Waals surface area contributed by atoms with Crippen LogP contribution in [-0.2, 0) is 18.4 Å². The Morgan fingerprint density at radius 2 is 2.14 bits per heavy atom. The Kier molecular flexibility index (Phi) is 8.81. The van der Waals surface area contributed by atoms with Gasteiger partial charge in [-0.05, 0) is 25.3 Å². The Balaban J connectivity index is 0.00000220. The van der Waals surface area contributed by atoms with Gasteiger partial charge >= 0.3 is 0 Å². The summed E-state index contributed by atoms with van der Waals surface area (Å²) in [6, 6.07) is 0. The van der Waals surface area contributed by atoms with Crippen molar-refractivity contribution in [3.05, 3.63) is 11.9 Å². The second-order valence-electron chi connectivity index (χ2n) is 5.75. The molecule has 0 radical (unpaired) electrons. The number of imidazole rings is 1. The average molecular weight is 352 g/mol. The highest BCUT2D eigenvalue weighted by molar-refractivity contribution is 5.85. The van der Waals surface area contributed by atoms with Crippen molar-refractivity contribution in [2.24, 2.45) is 24.6 Å². The maximum Gasteiger partial charge on any atom is 0.223 e. The number of carbonyl (C=O) groups is 1. The molecule has 2 atom stereocenters. The van der Waals surface area contributed by atoms with Crippen LogP contribution in [0.4, 0.5) is 5.95 Å². The van der Waals surface area contributed by atoms with Gasteiger partial charge in [0, 0.05) is 27.1 Å². The average Bonchev–Trinajstić information content (AvgIpc) is 3.02. The number of aromatic nitrogens is 2. The van der Waals surface area contributed by atoms with Crippen LogP contribution in [0.3, 0.4) is 0 Å². The first kappa shape index (κ1) is 21.0. The normalized spacial score (nSPS) is 20.0. The Labute approximate surface area is 144 Å². The summed E-state index contributed by atoms with van der Waals surface area (Å²) in [5, 5.41) is 3.02. The Morgan fingerprint density at radius 1 is 1.45 bits per heavy atom. The highest BCUT2D eigenvalue weighted by atomic mass is 35.5. The zero-order valence-corrected chi connectivity index (χ0v) is 15.0. The van der Waals surface area contributed by atoms with Crippen molar-refractivity contribution in [1.29, 1.82) is 0 Å². The number of hydrogen-bond donors (Lipinski definition) is 2. The molecule has 6 nitrogen and oxygen atoms in total. The summed E-state index contributed by atoms with van der Waals surface area (Å²) in [7, 11) is 5.87. The number of anilines is 1. The van der Waals surface area contributed by atoms with E-state index in [1.165, 1.54) is 0 Å². The van der Waals surface area contributed by atoms with Gasteiger partial charge in [-0.15, -0.1) is 24.8 Å². The van der Waals surface area contributed by atoms with Crippen LogP contribution in [0.2, 0.25) is 0 Å². The van der Waals surface area contributed by atoms with Crippen molar-refractivity contribution in [2.75, 3.05) is 25.5 Å². The second-order valence-corrected chi connectivity index (χ2v) is 5.75. The van der Waals surface area contributed by atoms with E-state index in [0.29, 0.717) is 19.0 Å². The number of rotatable bonds is 5. The van der Waals surface area contributed by atoms with Crippen molar-refractivity contribution in [2.45, 2.75) is 25.8 Å². The van der Waals surface area contributed by atoms with E-state index >= 15 is 0 Å². The number of nitrogens with zero attached hydrogens (tertiary/aromatic N) is 3. The third-order valence-electron chi connectivity index (χ3n) is 4.20. The quantitative estimate of drug-likeness (QED) is 0.838. The number of nitrogens with one attached hydrogen (secondary N) is 1. The molecule has 128 valence electrons. The van der Waals surface area contributed by atoms with Gasteiger partial charge in [-0.25, -0.2) is 4.98 Å². The lowest BCUT2D eigenvalue weighted by Gasteiger charge is -2.18. The number of carbonyl (C=O) groups excluding carboxylic acids is 1. The molecule has 0 unspecified atom stereocenters. The molecule has 1 amide bonds. The van der Waals surface area contributed by atoms with E-state index in [1.54, 1.807) is 0 Å². The molecule has 0 bridgehead atoms. The first-order valence-corrected chi connectivity index (χ1v) is 7.20. The van der Waals surface area contributed by atoms with Crippen LogP contribution in [0.15, 0.2) is 6.20 Å². The number of nitrogens with two attached hydrogens (primary N) is 1. The van der Waals surface area contributed by atoms with Crippen LogP contribution >= 0.6 is 24.8 Å². The van der Waals surface area contributed by atoms with Crippen molar-refractivity contribution >= 4 is 36.7 Å². The van der Waals surface area contributed by atoms with Gasteiger partial charge in [0.25, 0.3) is 0 Å². The van der Waals surface area contributed by atoms with Crippen molar-refractivity contribution in [1.82, 2.24) is 14.9 Å². The van der Waals surface area contributed by atoms with E-state index in [2.05, 4.69) is 10.3 Å². The molecule has 1 aliphatic rings. The minimum Gasteiger partial charge on any atom is -0.350 e. The van der Waals surface area contributed by atoms with Crippen molar-refractivity contribution in [3.8, 4) is 0 Å². The highest BCUT2D eigenvalue weighted by Gasteiger charge is 2.31. The fourth-order valence-corrected chi connectivity index (χ4v) is 2.99. The van der Waals surface area contributed by atoms with E-state index in [4.69, 9.17) is 5.73 Å². The summed E-state index contributed by atoms with van der Waals surface area (Å²) in [6.07, 6.45) is 4.95. The second kappa shape index (κ2) is 9.22. The summed E-state index contributed by atoms with van der Waals surface area (Å²) in [6.45, 7) is 1.12. The number of halogens is 2. The number of hydrogen-bond acceptors (Lipinski definition) is 4. The minimum atomic E-state index is 0. The number of amides is 1. The van der Waals surface area contributed by atoms with Gasteiger partial charge in [-0.1, -0.05) is 6.42 Å². The molecule has 0 spiro atoms. The molecule has 8 heteroatoms. The topological polar surface area (TPSA) is 76.2 Å². The van der Waals surface area contributed by atoms with E-state index < -0.39 is 0 Å². The molecule has 22 heavy (non-hydrogen) atoms. The van der Waals surface area contributed by atoms with Crippen molar-refractivity contribution in [3.63, 3.8) is 0 Å². The van der Waals surface area contributed by atoms with Gasteiger partial charge in [0.1, 0.15) is 0 Å². The highest BCUT2D eigenvalue weighted by Crippen LogP contribution is 2.31. The summed E-state index contributed by atoms with van der Waals surface area (Å²) in [5.41, 5.74) is 6.73. The van der Waals surface area contributed by atoms with Crippen LogP contribution < -0.4 is 16.0 Å². The van der Waals surface area contributed by atoms with Gasteiger partial charge in [-0.3, -0.25) is 4.79 Å². The molecule has 1 aromatic rings. The molecule has 0 aromatic carbocycles. The molecule has 3 N–H and O–H groups in total. The lowest BCUT2D eigenvalue weighted by Crippen LogP contribution is -2.35. The molecule has 1 aliphatic carbocycles. The molecule has 0 aliphatic heterocycles. The largest absolute Gasteiger partial charge is 0.350 e. The molecule has 1 heterocycles. The molecule has 0 saturated heterocycles. The predicted octanol–water partition coefficient (Wildman–Crippen LogP) is 1.32. The minimum absolute atomic E-state index is 0. The van der Waals surface area contributed by atoms with E-state index in [-0.39, 0.29) is 36.6 Å². The lowest BCUT2D eigenvalue weighted by atomic mass is 9.95. The lowest BCUT2D eigenvalue weighted by molar-refractivity contribution is -0.126. The molecular weight excluding hydrogens is 325 g/mol. The van der Waals surface area contributed by atoms with Crippen LogP contribution in [0.25, 0.3) is 0 Å². The zero-order chi connectivity index (χ0) is 14.7. The monoisotopic (exact) mass is 351 g/mol. The van der Waals surface area contributed by atoms with E-state index in [9.17, 15) is 4.79 Å². The van der Waals surface area contributed by atoms with Crippen LogP contribution in [-0.4, -0.2) is 36.1 Å². The summed E-state index contributed by atoms with van der Waals surface area (Å²) >= 11 is 0. The van der Waals surface area contributed by atoms with Gasteiger partial charge in [0.05, 0.1) is 18.4 Å². The maximum atomic E-state index is 12.2. The summed E-state index contributed by atoms with van der Waals surface area (Å²) in [5.74, 6) is 1.45. The molecule has 2 rings (SSSR count). The Bertz CT molecular complexity index is 478. The maximum absolute atomic E-state index is 12.2. The third kappa shape index (κ3) is 4.51. The standard InChI is InChI=1S/C14H25N5O.2ClH/c1-18(2)14-17-9-11(19(14)3)8-16-13(20)12-6-4-5-10(12)7-15;;/h9-10,12H,4-8,15H2,1-3H3,(H,16,20);2*1H/t10-,12-;;/m1../s1. The predicted molar refractivity (Wildman–Crippen MR) is 93.8 cm³/mol. The first-order valence-electron chi connectivity index (χ1n) is 7.20. The fourth-order valence-electron chi connectivity index (χ4n) is 2.99. The molecule has 1 fully saturated rings. The summed E-state index contributed by atoms with van der Waals surface area (Å²) in [4.78, 5) is 18.5. The van der Waals surface area contributed by atoms with E-state index in [1.807, 2.05) is 36.8 Å². The van der Waals surface area contributed by atoms with Crippen molar-refractivity contribution < 1.29 is 4.79 Å². The van der Waals surface area contributed by atoms with Crippen LogP contribution in [0.5, 0.6) is 0 Å². The smallest absolute Gasteiger partial charge is 0.223 e. The van der Waals surface area contributed by atoms with Gasteiger partial charge < -0.3 is 20.5 Å². The van der Waals surface area contributed by atoms with Crippen LogP contribution in [0, 0.1) is 11.8 Å². The Morgan fingerprint density at radius 3 is 2.68 bits per heavy atom. The molecular formula is C14H27Cl2N5O. The third-order valence-corrected chi connectivity index (χ3v) is 4.20. The SMILES string of the molecule is CN(C)c1ncc(CNC(=O)[C@@H]2CCC[C@@H]2CN)n1C.Cl.Cl. The molecule has 1 aromatic heterocycles. The zero-order valence-electron chi connectivity index (χ0n) is 13.4. The first-order chi connectivity index (χ1) is 9.54. The van der Waals surface area contributed by atoms with Gasteiger partial charge in [-0.2, -0.15) is 0 Å². The van der Waals surface area contributed by atoms with Gasteiger partial charge in [0.15, 0.2) is 0 Å². The van der Waals surface area contributed by atoms with Crippen LogP contribution in [0.1, 0.15) is 25.0 Å². The van der Waals surface area contributed by atoms with E-state index in [0.717, 1.165) is 30.9 Å². The van der Waals surface area contributed by atoms with Gasteiger partial charge in [0.2, 0.25) is 11.9 Å². The fraction of sp³-hybridized carbons (Fsp3) is 0.714. The summed E-state index contributed by atoms with van der Waals surface area (Å²) < 4.78 is 2.00. The Hall–Kier alpha value is -0.980. The molecule has 1 saturated carbocycles.